The predicted molar refractivity (Wildman–Crippen MR) is 70.4 cm³/mol. The van der Waals surface area contributed by atoms with E-state index in [0.717, 1.165) is 11.3 Å². The van der Waals surface area contributed by atoms with Crippen LogP contribution in [0, 0.1) is 0 Å². The highest BCUT2D eigenvalue weighted by atomic mass is 16.5. The Balaban J connectivity index is 2.29. The second kappa shape index (κ2) is 7.71. The average molecular weight is 251 g/mol. The molecular formula is C14H21NO3. The molecule has 1 amide bonds. The fourth-order valence-corrected chi connectivity index (χ4v) is 1.53. The molecule has 0 aliphatic rings. The summed E-state index contributed by atoms with van der Waals surface area (Å²) in [5.74, 6) is 0.773. The minimum Gasteiger partial charge on any atom is -0.497 e. The Morgan fingerprint density at radius 3 is 2.61 bits per heavy atom. The van der Waals surface area contributed by atoms with E-state index >= 15 is 0 Å². The van der Waals surface area contributed by atoms with Gasteiger partial charge in [0.15, 0.2) is 0 Å². The smallest absolute Gasteiger partial charge is 0.220 e. The van der Waals surface area contributed by atoms with Crippen molar-refractivity contribution in [1.29, 1.82) is 0 Å². The second-order valence-electron chi connectivity index (χ2n) is 4.23. The zero-order chi connectivity index (χ0) is 13.4. The third kappa shape index (κ3) is 5.19. The molecule has 1 aromatic rings. The molecule has 4 heteroatoms. The van der Waals surface area contributed by atoms with Crippen molar-refractivity contribution in [3.8, 4) is 5.75 Å². The number of ether oxygens (including phenoxy) is 1. The number of rotatable bonds is 7. The van der Waals surface area contributed by atoms with Crippen LogP contribution in [0.25, 0.3) is 0 Å². The van der Waals surface area contributed by atoms with Crippen LogP contribution in [0.4, 0.5) is 0 Å². The first-order chi connectivity index (χ1) is 8.65. The topological polar surface area (TPSA) is 58.6 Å². The lowest BCUT2D eigenvalue weighted by atomic mass is 10.1. The summed E-state index contributed by atoms with van der Waals surface area (Å²) in [5, 5.41) is 12.2. The molecule has 0 radical (unpaired) electrons. The Hall–Kier alpha value is -1.55. The average Bonchev–Trinajstić information content (AvgIpc) is 2.42. The van der Waals surface area contributed by atoms with Crippen LogP contribution in [-0.2, 0) is 11.3 Å². The highest BCUT2D eigenvalue weighted by molar-refractivity contribution is 5.75. The number of hydrogen-bond acceptors (Lipinski definition) is 3. The van der Waals surface area contributed by atoms with Crippen LogP contribution in [0.3, 0.4) is 0 Å². The zero-order valence-electron chi connectivity index (χ0n) is 11.0. The van der Waals surface area contributed by atoms with Crippen molar-refractivity contribution < 1.29 is 14.6 Å². The molecule has 4 nitrogen and oxygen atoms in total. The van der Waals surface area contributed by atoms with Crippen LogP contribution in [0.2, 0.25) is 0 Å². The number of benzene rings is 1. The summed E-state index contributed by atoms with van der Waals surface area (Å²) < 4.78 is 5.06. The van der Waals surface area contributed by atoms with Gasteiger partial charge < -0.3 is 15.2 Å². The molecule has 0 bridgehead atoms. The SMILES string of the molecule is CCC(O)CCC(=O)NCc1ccc(OC)cc1. The molecule has 0 aromatic heterocycles. The van der Waals surface area contributed by atoms with E-state index in [-0.39, 0.29) is 12.0 Å². The lowest BCUT2D eigenvalue weighted by molar-refractivity contribution is -0.121. The fourth-order valence-electron chi connectivity index (χ4n) is 1.53. The van der Waals surface area contributed by atoms with Gasteiger partial charge in [0.05, 0.1) is 13.2 Å². The maximum atomic E-state index is 11.5. The minimum atomic E-state index is -0.378. The van der Waals surface area contributed by atoms with Crippen LogP contribution >= 0.6 is 0 Å². The number of aliphatic hydroxyl groups is 1. The van der Waals surface area contributed by atoms with Crippen LogP contribution in [0.5, 0.6) is 5.75 Å². The molecule has 0 heterocycles. The van der Waals surface area contributed by atoms with Gasteiger partial charge in [0.2, 0.25) is 5.91 Å². The molecule has 0 spiro atoms. The predicted octanol–water partition coefficient (Wildman–Crippen LogP) is 1.86. The molecule has 0 fully saturated rings. The normalized spacial score (nSPS) is 11.9. The maximum Gasteiger partial charge on any atom is 0.220 e. The molecule has 1 unspecified atom stereocenters. The molecule has 0 saturated carbocycles. The summed E-state index contributed by atoms with van der Waals surface area (Å²) >= 11 is 0. The first-order valence-corrected chi connectivity index (χ1v) is 6.23. The van der Waals surface area contributed by atoms with Gasteiger partial charge in [-0.05, 0) is 30.5 Å². The standard InChI is InChI=1S/C14H21NO3/c1-3-12(16)6-9-14(17)15-10-11-4-7-13(18-2)8-5-11/h4-5,7-8,12,16H,3,6,9-10H2,1-2H3,(H,15,17). The van der Waals surface area contributed by atoms with E-state index in [1.165, 1.54) is 0 Å². The van der Waals surface area contributed by atoms with Crippen LogP contribution < -0.4 is 10.1 Å². The summed E-state index contributed by atoms with van der Waals surface area (Å²) in [7, 11) is 1.62. The number of amides is 1. The van der Waals surface area contributed by atoms with Crippen LogP contribution in [-0.4, -0.2) is 24.2 Å². The third-order valence-corrected chi connectivity index (χ3v) is 2.82. The van der Waals surface area contributed by atoms with E-state index in [9.17, 15) is 9.90 Å². The first kappa shape index (κ1) is 14.5. The molecule has 0 aliphatic carbocycles. The monoisotopic (exact) mass is 251 g/mol. The Morgan fingerprint density at radius 1 is 1.39 bits per heavy atom. The van der Waals surface area contributed by atoms with Crippen molar-refractivity contribution in [2.75, 3.05) is 7.11 Å². The van der Waals surface area contributed by atoms with E-state index in [2.05, 4.69) is 5.32 Å². The largest absolute Gasteiger partial charge is 0.497 e. The number of carbonyl (C=O) groups excluding carboxylic acids is 1. The third-order valence-electron chi connectivity index (χ3n) is 2.82. The van der Waals surface area contributed by atoms with Crippen molar-refractivity contribution in [2.24, 2.45) is 0 Å². The number of aliphatic hydroxyl groups excluding tert-OH is 1. The van der Waals surface area contributed by atoms with Gasteiger partial charge in [0.1, 0.15) is 5.75 Å². The summed E-state index contributed by atoms with van der Waals surface area (Å²) in [5.41, 5.74) is 1.03. The van der Waals surface area contributed by atoms with Crippen molar-refractivity contribution in [2.45, 2.75) is 38.8 Å². The lowest BCUT2D eigenvalue weighted by Gasteiger charge is -2.08. The van der Waals surface area contributed by atoms with E-state index in [1.54, 1.807) is 7.11 Å². The molecule has 100 valence electrons. The molecule has 1 atom stereocenters. The molecule has 1 rings (SSSR count). The molecule has 18 heavy (non-hydrogen) atoms. The number of methoxy groups -OCH3 is 1. The quantitative estimate of drug-likeness (QED) is 0.777. The van der Waals surface area contributed by atoms with Gasteiger partial charge in [-0.3, -0.25) is 4.79 Å². The molecule has 2 N–H and O–H groups in total. The number of hydrogen-bond donors (Lipinski definition) is 2. The van der Waals surface area contributed by atoms with Crippen molar-refractivity contribution >= 4 is 5.91 Å². The zero-order valence-corrected chi connectivity index (χ0v) is 11.0. The number of carbonyl (C=O) groups is 1. The summed E-state index contributed by atoms with van der Waals surface area (Å²) in [6.07, 6.45) is 1.19. The van der Waals surface area contributed by atoms with Crippen LogP contribution in [0.15, 0.2) is 24.3 Å². The second-order valence-corrected chi connectivity index (χ2v) is 4.23. The van der Waals surface area contributed by atoms with Gasteiger partial charge in [-0.15, -0.1) is 0 Å². The minimum absolute atomic E-state index is 0.0293. The van der Waals surface area contributed by atoms with Gasteiger partial charge in [-0.25, -0.2) is 0 Å². The van der Waals surface area contributed by atoms with Crippen LogP contribution in [0.1, 0.15) is 31.7 Å². The summed E-state index contributed by atoms with van der Waals surface area (Å²) in [6.45, 7) is 2.41. The van der Waals surface area contributed by atoms with Gasteiger partial charge >= 0.3 is 0 Å². The fraction of sp³-hybridized carbons (Fsp3) is 0.500. The first-order valence-electron chi connectivity index (χ1n) is 6.23. The Morgan fingerprint density at radius 2 is 2.06 bits per heavy atom. The van der Waals surface area contributed by atoms with Gasteiger partial charge in [0.25, 0.3) is 0 Å². The summed E-state index contributed by atoms with van der Waals surface area (Å²) in [4.78, 5) is 11.5. The Bertz CT molecular complexity index is 362. The van der Waals surface area contributed by atoms with Gasteiger partial charge in [-0.1, -0.05) is 19.1 Å². The van der Waals surface area contributed by atoms with E-state index in [0.29, 0.717) is 25.8 Å². The maximum absolute atomic E-state index is 11.5. The highest BCUT2D eigenvalue weighted by Gasteiger charge is 2.06. The van der Waals surface area contributed by atoms with Crippen molar-refractivity contribution in [3.63, 3.8) is 0 Å². The van der Waals surface area contributed by atoms with E-state index < -0.39 is 0 Å². The molecule has 0 aliphatic heterocycles. The molecule has 0 saturated heterocycles. The van der Waals surface area contributed by atoms with E-state index in [1.807, 2.05) is 31.2 Å². The number of nitrogens with one attached hydrogen (secondary N) is 1. The molecular weight excluding hydrogens is 230 g/mol. The van der Waals surface area contributed by atoms with E-state index in [4.69, 9.17) is 4.74 Å². The van der Waals surface area contributed by atoms with Gasteiger partial charge in [0, 0.05) is 13.0 Å². The van der Waals surface area contributed by atoms with Crippen molar-refractivity contribution in [3.05, 3.63) is 29.8 Å². The lowest BCUT2D eigenvalue weighted by Crippen LogP contribution is -2.23. The molecule has 1 aromatic carbocycles. The van der Waals surface area contributed by atoms with Gasteiger partial charge in [-0.2, -0.15) is 0 Å². The summed E-state index contributed by atoms with van der Waals surface area (Å²) in [6, 6.07) is 7.56. The Labute approximate surface area is 108 Å². The van der Waals surface area contributed by atoms with Crippen molar-refractivity contribution in [1.82, 2.24) is 5.32 Å². The highest BCUT2D eigenvalue weighted by Crippen LogP contribution is 2.11. The Kier molecular flexibility index (Phi) is 6.22.